The first-order valence-corrected chi connectivity index (χ1v) is 41.8. The van der Waals surface area contributed by atoms with Crippen LogP contribution in [0.15, 0.2) is 85.1 Å². The lowest BCUT2D eigenvalue weighted by atomic mass is 10.0. The molecule has 94 heavy (non-hydrogen) atoms. The second-order valence-corrected chi connectivity index (χ2v) is 29.9. The van der Waals surface area contributed by atoms with Gasteiger partial charge in [-0.05, 0) is 89.9 Å². The van der Waals surface area contributed by atoms with Gasteiger partial charge in [-0.2, -0.15) is 0 Å². The third-order valence-corrected chi connectivity index (χ3v) is 18.9. The van der Waals surface area contributed by atoms with E-state index in [0.717, 1.165) is 70.6 Å². The molecule has 548 valence electrons. The first-order chi connectivity index (χ1) is 46.0. The Morgan fingerprint density at radius 1 is 0.340 bits per heavy atom. The van der Waals surface area contributed by atoms with Crippen molar-refractivity contribution < 1.29 is 42.1 Å². The molecular weight excluding hydrogens is 1180 g/mol. The Morgan fingerprint density at radius 2 is 0.606 bits per heavy atom. The predicted molar refractivity (Wildman–Crippen MR) is 409 cm³/mol. The Bertz CT molecular complexity index is 1860. The number of allylic oxidation sites excluding steroid dienone is 14. The number of likely N-dealkylation sites (N-methyl/N-ethyl adjacent to an activating group) is 1. The first-order valence-electron chi connectivity index (χ1n) is 40.3. The third-order valence-electron chi connectivity index (χ3n) is 17.9. The van der Waals surface area contributed by atoms with E-state index < -0.39 is 26.5 Å². The van der Waals surface area contributed by atoms with Crippen LogP contribution < -0.4 is 0 Å². The number of unbranched alkanes of at least 4 members (excludes halogenated alkanes) is 47. The topological polar surface area (TPSA) is 108 Å². The standard InChI is InChI=1S/C84H154NO8P/c1-6-8-10-12-14-16-18-20-22-24-26-28-30-32-34-36-38-40-41-42-43-45-46-48-50-52-54-56-58-60-62-64-66-68-70-72-74-76-83(86)90-80-82(81-92-94(88,89)91-79-78-85(3,4)5)93-84(87)77-75-73-71-69-67-65-63-61-59-57-55-53-51-49-47-44-39-37-35-33-31-29-27-25-23-21-19-17-15-13-11-9-7-2/h9,11,15,17-18,20-21,23-24,26-27,29,33,35,82H,6-8,10,12-14,16,19,22,25,28,30-32,34,36-81H2,1-5H3/p+1/b11-9-,17-15-,20-18-,23-21-,26-24-,29-27-,35-33-. The van der Waals surface area contributed by atoms with Crippen molar-refractivity contribution in [2.24, 2.45) is 0 Å². The molecule has 0 aromatic heterocycles. The van der Waals surface area contributed by atoms with E-state index in [4.69, 9.17) is 18.5 Å². The van der Waals surface area contributed by atoms with Gasteiger partial charge in [0.1, 0.15) is 19.8 Å². The number of quaternary nitrogens is 1. The van der Waals surface area contributed by atoms with Gasteiger partial charge in [-0.1, -0.05) is 369 Å². The van der Waals surface area contributed by atoms with Crippen LogP contribution >= 0.6 is 7.82 Å². The Hall–Kier alpha value is -2.81. The minimum absolute atomic E-state index is 0.0322. The van der Waals surface area contributed by atoms with E-state index in [1.807, 2.05) is 21.1 Å². The Kier molecular flexibility index (Phi) is 72.2. The maximum Gasteiger partial charge on any atom is 0.472 e. The summed E-state index contributed by atoms with van der Waals surface area (Å²) in [6.45, 7) is 4.37. The summed E-state index contributed by atoms with van der Waals surface area (Å²) in [5.41, 5.74) is 0. The lowest BCUT2D eigenvalue weighted by Gasteiger charge is -2.24. The molecule has 0 aromatic rings. The molecule has 0 fully saturated rings. The number of phosphoric acid groups is 1. The van der Waals surface area contributed by atoms with Gasteiger partial charge < -0.3 is 18.9 Å². The number of esters is 2. The highest BCUT2D eigenvalue weighted by Gasteiger charge is 2.27. The summed E-state index contributed by atoms with van der Waals surface area (Å²) in [7, 11) is 1.49. The number of carbonyl (C=O) groups is 2. The van der Waals surface area contributed by atoms with Crippen LogP contribution in [0.5, 0.6) is 0 Å². The van der Waals surface area contributed by atoms with E-state index in [-0.39, 0.29) is 25.6 Å². The largest absolute Gasteiger partial charge is 0.472 e. The van der Waals surface area contributed by atoms with Crippen molar-refractivity contribution in [3.8, 4) is 0 Å². The number of carbonyl (C=O) groups excluding carboxylic acids is 2. The van der Waals surface area contributed by atoms with Crippen LogP contribution in [0.1, 0.15) is 386 Å². The second-order valence-electron chi connectivity index (χ2n) is 28.4. The minimum atomic E-state index is -4.40. The van der Waals surface area contributed by atoms with E-state index in [9.17, 15) is 19.0 Å². The van der Waals surface area contributed by atoms with Gasteiger partial charge in [-0.3, -0.25) is 18.6 Å². The van der Waals surface area contributed by atoms with Crippen molar-refractivity contribution in [2.45, 2.75) is 392 Å². The van der Waals surface area contributed by atoms with Gasteiger partial charge in [0, 0.05) is 12.8 Å². The average molecular weight is 1340 g/mol. The molecule has 0 saturated carbocycles. The van der Waals surface area contributed by atoms with Crippen LogP contribution in [0.3, 0.4) is 0 Å². The van der Waals surface area contributed by atoms with Gasteiger partial charge in [0.25, 0.3) is 0 Å². The SMILES string of the molecule is CC/C=C\C/C=C\C/C=C\C/C=C\C/C=C\CCCCCCCCCCCCCCCCCCCC(=O)OC(COC(=O)CCCCCCCCCCCCCCCCCCCCCCCCCCC/C=C\C/C=C\CCCCCCC)COP(=O)(O)OCC[N+](C)(C)C. The molecule has 0 saturated heterocycles. The molecule has 0 amide bonds. The van der Waals surface area contributed by atoms with Gasteiger partial charge in [-0.15, -0.1) is 0 Å². The Balaban J connectivity index is 3.92. The maximum absolute atomic E-state index is 12.9. The number of hydrogen-bond donors (Lipinski definition) is 1. The van der Waals surface area contributed by atoms with Gasteiger partial charge in [0.15, 0.2) is 6.10 Å². The highest BCUT2D eigenvalue weighted by molar-refractivity contribution is 7.47. The summed E-state index contributed by atoms with van der Waals surface area (Å²) in [4.78, 5) is 36.0. The summed E-state index contributed by atoms with van der Waals surface area (Å²) >= 11 is 0. The van der Waals surface area contributed by atoms with Crippen molar-refractivity contribution in [3.05, 3.63) is 85.1 Å². The fourth-order valence-electron chi connectivity index (χ4n) is 11.8. The normalized spacial score (nSPS) is 13.5. The zero-order chi connectivity index (χ0) is 68.3. The molecule has 1 N–H and O–H groups in total. The maximum atomic E-state index is 12.9. The minimum Gasteiger partial charge on any atom is -0.462 e. The number of hydrogen-bond acceptors (Lipinski definition) is 7. The molecule has 0 heterocycles. The second kappa shape index (κ2) is 74.4. The number of phosphoric ester groups is 1. The smallest absolute Gasteiger partial charge is 0.462 e. The van der Waals surface area contributed by atoms with E-state index in [2.05, 4.69) is 98.9 Å². The molecule has 2 unspecified atom stereocenters. The van der Waals surface area contributed by atoms with Crippen LogP contribution in [-0.2, 0) is 32.7 Å². The molecule has 0 aromatic carbocycles. The predicted octanol–water partition coefficient (Wildman–Crippen LogP) is 26.8. The molecule has 0 radical (unpaired) electrons. The van der Waals surface area contributed by atoms with Crippen LogP contribution in [-0.4, -0.2) is 74.9 Å². The molecular formula is C84H155NO8P+. The zero-order valence-electron chi connectivity index (χ0n) is 62.7. The fourth-order valence-corrected chi connectivity index (χ4v) is 12.5. The highest BCUT2D eigenvalue weighted by atomic mass is 31.2. The summed E-state index contributed by atoms with van der Waals surface area (Å²) in [6.07, 6.45) is 103. The van der Waals surface area contributed by atoms with Crippen LogP contribution in [0.25, 0.3) is 0 Å². The summed E-state index contributed by atoms with van der Waals surface area (Å²) in [6, 6.07) is 0. The molecule has 0 aliphatic carbocycles. The molecule has 9 nitrogen and oxygen atoms in total. The van der Waals surface area contributed by atoms with Gasteiger partial charge in [0.05, 0.1) is 27.7 Å². The first kappa shape index (κ1) is 91.2. The van der Waals surface area contributed by atoms with E-state index >= 15 is 0 Å². The molecule has 0 rings (SSSR count). The van der Waals surface area contributed by atoms with E-state index in [1.165, 1.54) is 283 Å². The van der Waals surface area contributed by atoms with E-state index in [1.54, 1.807) is 0 Å². The van der Waals surface area contributed by atoms with Crippen LogP contribution in [0.4, 0.5) is 0 Å². The van der Waals surface area contributed by atoms with E-state index in [0.29, 0.717) is 23.9 Å². The average Bonchev–Trinajstić information content (AvgIpc) is 1.56. The van der Waals surface area contributed by atoms with Gasteiger partial charge in [0.2, 0.25) is 0 Å². The quantitative estimate of drug-likeness (QED) is 0.0211. The highest BCUT2D eigenvalue weighted by Crippen LogP contribution is 2.43. The van der Waals surface area contributed by atoms with Crippen molar-refractivity contribution in [1.82, 2.24) is 0 Å². The fraction of sp³-hybridized carbons (Fsp3) is 0.810. The van der Waals surface area contributed by atoms with Crippen molar-refractivity contribution in [1.29, 1.82) is 0 Å². The van der Waals surface area contributed by atoms with Crippen molar-refractivity contribution in [3.63, 3.8) is 0 Å². The lowest BCUT2D eigenvalue weighted by molar-refractivity contribution is -0.870. The molecule has 10 heteroatoms. The van der Waals surface area contributed by atoms with Crippen LogP contribution in [0.2, 0.25) is 0 Å². The lowest BCUT2D eigenvalue weighted by Crippen LogP contribution is -2.37. The monoisotopic (exact) mass is 1340 g/mol. The third kappa shape index (κ3) is 78.2. The zero-order valence-corrected chi connectivity index (χ0v) is 63.6. The Morgan fingerprint density at radius 3 is 0.904 bits per heavy atom. The summed E-state index contributed by atoms with van der Waals surface area (Å²) < 4.78 is 34.8. The summed E-state index contributed by atoms with van der Waals surface area (Å²) in [5, 5.41) is 0. The molecule has 0 spiro atoms. The Labute approximate surface area is 583 Å². The van der Waals surface area contributed by atoms with Gasteiger partial charge in [-0.25, -0.2) is 4.57 Å². The van der Waals surface area contributed by atoms with Crippen LogP contribution in [0, 0.1) is 0 Å². The molecule has 0 aliphatic heterocycles. The summed E-state index contributed by atoms with van der Waals surface area (Å²) in [5.74, 6) is -0.779. The van der Waals surface area contributed by atoms with Crippen molar-refractivity contribution in [2.75, 3.05) is 47.5 Å². The molecule has 2 atom stereocenters. The number of ether oxygens (including phenoxy) is 2. The number of rotatable bonds is 75. The number of nitrogens with zero attached hydrogens (tertiary/aromatic N) is 1. The van der Waals surface area contributed by atoms with Gasteiger partial charge >= 0.3 is 19.8 Å². The van der Waals surface area contributed by atoms with Crippen molar-refractivity contribution >= 4 is 19.8 Å². The molecule has 0 aliphatic rings. The molecule has 0 bridgehead atoms.